The predicted molar refractivity (Wildman–Crippen MR) is 80.4 cm³/mol. The van der Waals surface area contributed by atoms with E-state index in [1.54, 1.807) is 0 Å². The minimum absolute atomic E-state index is 0.0905. The van der Waals surface area contributed by atoms with Gasteiger partial charge in [0, 0.05) is 12.5 Å². The van der Waals surface area contributed by atoms with Crippen LogP contribution in [0, 0.1) is 0 Å². The molecule has 0 atom stereocenters. The molecule has 0 aromatic heterocycles. The standard InChI is InChI=1S/C15H22F2N2O3/c1-21-11-7-8-13(22-15(16)17)12(10-11)19-14(20)6-4-2-3-5-9-18/h7-8,10,15H,2-6,9,18H2,1H3,(H,19,20). The lowest BCUT2D eigenvalue weighted by Gasteiger charge is -2.13. The number of anilines is 1. The first-order valence-corrected chi connectivity index (χ1v) is 7.19. The maximum atomic E-state index is 12.4. The van der Waals surface area contributed by atoms with Crippen LogP contribution in [0.5, 0.6) is 11.5 Å². The quantitative estimate of drug-likeness (QED) is 0.650. The van der Waals surface area contributed by atoms with Gasteiger partial charge in [0.25, 0.3) is 0 Å². The third-order valence-electron chi connectivity index (χ3n) is 3.03. The van der Waals surface area contributed by atoms with Crippen LogP contribution >= 0.6 is 0 Å². The molecule has 0 saturated carbocycles. The molecule has 0 saturated heterocycles. The first-order chi connectivity index (χ1) is 10.6. The average Bonchev–Trinajstić information content (AvgIpc) is 2.48. The van der Waals surface area contributed by atoms with Crippen molar-refractivity contribution in [1.29, 1.82) is 0 Å². The van der Waals surface area contributed by atoms with E-state index in [0.717, 1.165) is 25.7 Å². The number of nitrogens with one attached hydrogen (secondary N) is 1. The lowest BCUT2D eigenvalue weighted by atomic mass is 10.1. The molecule has 0 heterocycles. The summed E-state index contributed by atoms with van der Waals surface area (Å²) in [4.78, 5) is 11.9. The number of hydrogen-bond donors (Lipinski definition) is 2. The van der Waals surface area contributed by atoms with E-state index in [-0.39, 0.29) is 17.3 Å². The Hall–Kier alpha value is -1.89. The number of carbonyl (C=O) groups excluding carboxylic acids is 1. The molecule has 1 aromatic rings. The van der Waals surface area contributed by atoms with Crippen molar-refractivity contribution in [3.05, 3.63) is 18.2 Å². The van der Waals surface area contributed by atoms with E-state index in [1.807, 2.05) is 0 Å². The molecule has 1 rings (SSSR count). The number of amides is 1. The molecule has 0 aliphatic rings. The molecule has 7 heteroatoms. The van der Waals surface area contributed by atoms with Crippen LogP contribution in [0.4, 0.5) is 14.5 Å². The molecule has 0 unspecified atom stereocenters. The Morgan fingerprint density at radius 2 is 2.00 bits per heavy atom. The molecule has 1 aromatic carbocycles. The molecule has 3 N–H and O–H groups in total. The first kappa shape index (κ1) is 18.2. The van der Waals surface area contributed by atoms with Crippen molar-refractivity contribution in [3.63, 3.8) is 0 Å². The lowest BCUT2D eigenvalue weighted by molar-refractivity contribution is -0.116. The molecule has 0 aliphatic heterocycles. The fourth-order valence-electron chi connectivity index (χ4n) is 1.93. The molecular weight excluding hydrogens is 294 g/mol. The van der Waals surface area contributed by atoms with Gasteiger partial charge in [-0.25, -0.2) is 0 Å². The molecule has 124 valence electrons. The van der Waals surface area contributed by atoms with Crippen molar-refractivity contribution in [2.75, 3.05) is 19.0 Å². The number of methoxy groups -OCH3 is 1. The third kappa shape index (κ3) is 6.71. The van der Waals surface area contributed by atoms with Crippen LogP contribution in [0.1, 0.15) is 32.1 Å². The Balaban J connectivity index is 2.59. The number of carbonyl (C=O) groups is 1. The van der Waals surface area contributed by atoms with Crippen molar-refractivity contribution in [3.8, 4) is 11.5 Å². The van der Waals surface area contributed by atoms with Crippen LogP contribution < -0.4 is 20.5 Å². The van der Waals surface area contributed by atoms with Gasteiger partial charge in [-0.1, -0.05) is 12.8 Å². The second-order valence-corrected chi connectivity index (χ2v) is 4.74. The third-order valence-corrected chi connectivity index (χ3v) is 3.03. The van der Waals surface area contributed by atoms with Crippen LogP contribution in [0.3, 0.4) is 0 Å². The summed E-state index contributed by atoms with van der Waals surface area (Å²) in [5, 5.41) is 2.58. The summed E-state index contributed by atoms with van der Waals surface area (Å²) in [5.74, 6) is 0.104. The van der Waals surface area contributed by atoms with E-state index in [1.165, 1.54) is 25.3 Å². The van der Waals surface area contributed by atoms with Gasteiger partial charge in [-0.3, -0.25) is 4.79 Å². The topological polar surface area (TPSA) is 73.6 Å². The molecule has 1 amide bonds. The molecule has 5 nitrogen and oxygen atoms in total. The predicted octanol–water partition coefficient (Wildman–Crippen LogP) is 3.14. The molecule has 22 heavy (non-hydrogen) atoms. The van der Waals surface area contributed by atoms with Gasteiger partial charge in [0.15, 0.2) is 0 Å². The van der Waals surface area contributed by atoms with Gasteiger partial charge < -0.3 is 20.5 Å². The van der Waals surface area contributed by atoms with Crippen molar-refractivity contribution in [2.24, 2.45) is 5.73 Å². The number of unbranched alkanes of at least 4 members (excludes halogenated alkanes) is 3. The smallest absolute Gasteiger partial charge is 0.387 e. The number of ether oxygens (including phenoxy) is 2. The van der Waals surface area contributed by atoms with E-state index in [0.29, 0.717) is 18.7 Å². The van der Waals surface area contributed by atoms with E-state index in [9.17, 15) is 13.6 Å². The zero-order valence-electron chi connectivity index (χ0n) is 12.6. The van der Waals surface area contributed by atoms with Gasteiger partial charge in [0.2, 0.25) is 5.91 Å². The molecular formula is C15H22F2N2O3. The Morgan fingerprint density at radius 3 is 2.64 bits per heavy atom. The first-order valence-electron chi connectivity index (χ1n) is 7.19. The Kier molecular flexibility index (Phi) is 8.21. The summed E-state index contributed by atoms with van der Waals surface area (Å²) < 4.78 is 34.1. The highest BCUT2D eigenvalue weighted by Gasteiger charge is 2.13. The highest BCUT2D eigenvalue weighted by molar-refractivity contribution is 5.92. The lowest BCUT2D eigenvalue weighted by Crippen LogP contribution is -2.13. The Labute approximate surface area is 128 Å². The normalized spacial score (nSPS) is 10.6. The minimum Gasteiger partial charge on any atom is -0.497 e. The van der Waals surface area contributed by atoms with Crippen LogP contribution in [-0.4, -0.2) is 26.2 Å². The van der Waals surface area contributed by atoms with Crippen LogP contribution in [0.2, 0.25) is 0 Å². The largest absolute Gasteiger partial charge is 0.497 e. The van der Waals surface area contributed by atoms with E-state index in [2.05, 4.69) is 10.1 Å². The highest BCUT2D eigenvalue weighted by Crippen LogP contribution is 2.30. The Morgan fingerprint density at radius 1 is 1.27 bits per heavy atom. The number of alkyl halides is 2. The summed E-state index contributed by atoms with van der Waals surface area (Å²) in [5.41, 5.74) is 5.56. The maximum Gasteiger partial charge on any atom is 0.387 e. The van der Waals surface area contributed by atoms with Gasteiger partial charge in [-0.15, -0.1) is 0 Å². The summed E-state index contributed by atoms with van der Waals surface area (Å²) in [6, 6.07) is 4.27. The molecule has 0 radical (unpaired) electrons. The van der Waals surface area contributed by atoms with Gasteiger partial charge in [-0.05, 0) is 31.5 Å². The van der Waals surface area contributed by atoms with Gasteiger partial charge >= 0.3 is 6.61 Å². The minimum atomic E-state index is -2.96. The molecule has 0 bridgehead atoms. The number of benzene rings is 1. The van der Waals surface area contributed by atoms with Gasteiger partial charge in [0.1, 0.15) is 11.5 Å². The van der Waals surface area contributed by atoms with Crippen molar-refractivity contribution in [2.45, 2.75) is 38.7 Å². The van der Waals surface area contributed by atoms with Gasteiger partial charge in [-0.2, -0.15) is 8.78 Å². The van der Waals surface area contributed by atoms with Crippen molar-refractivity contribution < 1.29 is 23.0 Å². The number of rotatable bonds is 10. The zero-order chi connectivity index (χ0) is 16.4. The summed E-state index contributed by atoms with van der Waals surface area (Å²) in [7, 11) is 1.45. The van der Waals surface area contributed by atoms with Gasteiger partial charge in [0.05, 0.1) is 12.8 Å². The van der Waals surface area contributed by atoms with Crippen LogP contribution in [0.25, 0.3) is 0 Å². The second kappa shape index (κ2) is 9.94. The van der Waals surface area contributed by atoms with E-state index < -0.39 is 6.61 Å². The SMILES string of the molecule is COc1ccc(OC(F)F)c(NC(=O)CCCCCCN)c1. The summed E-state index contributed by atoms with van der Waals surface area (Å²) >= 11 is 0. The highest BCUT2D eigenvalue weighted by atomic mass is 19.3. The van der Waals surface area contributed by atoms with Crippen molar-refractivity contribution in [1.82, 2.24) is 0 Å². The number of hydrogen-bond acceptors (Lipinski definition) is 4. The zero-order valence-corrected chi connectivity index (χ0v) is 12.6. The van der Waals surface area contributed by atoms with Crippen LogP contribution in [0.15, 0.2) is 18.2 Å². The van der Waals surface area contributed by atoms with Crippen LogP contribution in [-0.2, 0) is 4.79 Å². The Bertz CT molecular complexity index is 470. The number of nitrogens with two attached hydrogens (primary N) is 1. The fraction of sp³-hybridized carbons (Fsp3) is 0.533. The monoisotopic (exact) mass is 316 g/mol. The second-order valence-electron chi connectivity index (χ2n) is 4.74. The van der Waals surface area contributed by atoms with E-state index >= 15 is 0 Å². The summed E-state index contributed by atoms with van der Waals surface area (Å²) in [6.07, 6.45) is 3.85. The molecule has 0 spiro atoms. The fourth-order valence-corrected chi connectivity index (χ4v) is 1.93. The maximum absolute atomic E-state index is 12.4. The molecule has 0 fully saturated rings. The average molecular weight is 316 g/mol. The summed E-state index contributed by atoms with van der Waals surface area (Å²) in [6.45, 7) is -2.31. The van der Waals surface area contributed by atoms with E-state index in [4.69, 9.17) is 10.5 Å². The molecule has 0 aliphatic carbocycles. The van der Waals surface area contributed by atoms with Crippen molar-refractivity contribution >= 4 is 11.6 Å². The number of halogens is 2.